The number of anilines is 3. The van der Waals surface area contributed by atoms with Crippen molar-refractivity contribution in [3.05, 3.63) is 146 Å². The van der Waals surface area contributed by atoms with Gasteiger partial charge in [-0.2, -0.15) is 0 Å². The maximum Gasteiger partial charge on any atom is 0.330 e. The fourth-order valence-corrected chi connectivity index (χ4v) is 4.63. The van der Waals surface area contributed by atoms with Crippen LogP contribution in [0.1, 0.15) is 11.1 Å². The van der Waals surface area contributed by atoms with Crippen molar-refractivity contribution in [3.8, 4) is 16.9 Å². The number of ether oxygens (including phenoxy) is 4. The van der Waals surface area contributed by atoms with Crippen LogP contribution in [0.2, 0.25) is 0 Å². The summed E-state index contributed by atoms with van der Waals surface area (Å²) in [5, 5.41) is 0. The van der Waals surface area contributed by atoms with Crippen molar-refractivity contribution in [2.45, 2.75) is 12.8 Å². The van der Waals surface area contributed by atoms with Crippen molar-refractivity contribution in [2.24, 2.45) is 0 Å². The number of carbonyl (C=O) groups excluding carboxylic acids is 3. The zero-order valence-corrected chi connectivity index (χ0v) is 26.1. The van der Waals surface area contributed by atoms with Crippen LogP contribution in [0.4, 0.5) is 17.1 Å². The molecular weight excluding hydrogens is 594 g/mol. The van der Waals surface area contributed by atoms with Crippen molar-refractivity contribution in [1.82, 2.24) is 0 Å². The third-order valence-corrected chi connectivity index (χ3v) is 7.07. The third-order valence-electron chi connectivity index (χ3n) is 7.07. The molecule has 4 aromatic carbocycles. The Bertz CT molecular complexity index is 1590. The van der Waals surface area contributed by atoms with Crippen molar-refractivity contribution in [1.29, 1.82) is 0 Å². The summed E-state index contributed by atoms with van der Waals surface area (Å²) in [5.41, 5.74) is 7.01. The summed E-state index contributed by atoms with van der Waals surface area (Å²) in [6.07, 6.45) is 4.61. The van der Waals surface area contributed by atoms with E-state index < -0.39 is 17.9 Å². The molecule has 240 valence electrons. The average molecular weight is 632 g/mol. The fourth-order valence-electron chi connectivity index (χ4n) is 4.63. The van der Waals surface area contributed by atoms with Gasteiger partial charge in [-0.3, -0.25) is 0 Å². The molecule has 0 N–H and O–H groups in total. The van der Waals surface area contributed by atoms with Gasteiger partial charge in [-0.05, 0) is 70.8 Å². The van der Waals surface area contributed by atoms with Crippen LogP contribution in [-0.4, -0.2) is 44.3 Å². The van der Waals surface area contributed by atoms with Gasteiger partial charge in [0.2, 0.25) is 0 Å². The Balaban J connectivity index is 1.51. The van der Waals surface area contributed by atoms with Gasteiger partial charge in [0.15, 0.2) is 0 Å². The minimum absolute atomic E-state index is 0.145. The predicted octanol–water partition coefficient (Wildman–Crippen LogP) is 7.47. The minimum Gasteiger partial charge on any atom is -0.490 e. The van der Waals surface area contributed by atoms with Crippen LogP contribution in [0.3, 0.4) is 0 Å². The number of nitrogens with zero attached hydrogens (tertiary/aromatic N) is 1. The summed E-state index contributed by atoms with van der Waals surface area (Å²) in [5.74, 6) is -0.679. The Morgan fingerprint density at radius 3 is 1.26 bits per heavy atom. The zero-order valence-electron chi connectivity index (χ0n) is 26.1. The molecule has 0 saturated carbocycles. The topological polar surface area (TPSA) is 91.4 Å². The number of benzene rings is 4. The minimum atomic E-state index is -0.479. The molecule has 0 radical (unpaired) electrons. The molecule has 0 bridgehead atoms. The van der Waals surface area contributed by atoms with Crippen molar-refractivity contribution >= 4 is 35.0 Å². The number of hydrogen-bond acceptors (Lipinski definition) is 8. The van der Waals surface area contributed by atoms with Gasteiger partial charge in [-0.15, -0.1) is 0 Å². The van der Waals surface area contributed by atoms with Gasteiger partial charge in [-0.1, -0.05) is 68.3 Å². The summed E-state index contributed by atoms with van der Waals surface area (Å²) in [6.45, 7) is 11.2. The highest BCUT2D eigenvalue weighted by molar-refractivity contribution is 5.82. The Hall–Kier alpha value is -5.89. The van der Waals surface area contributed by atoms with Gasteiger partial charge in [0.25, 0.3) is 0 Å². The van der Waals surface area contributed by atoms with E-state index in [2.05, 4.69) is 48.9 Å². The predicted molar refractivity (Wildman–Crippen MR) is 183 cm³/mol. The van der Waals surface area contributed by atoms with Crippen LogP contribution in [0.25, 0.3) is 11.1 Å². The third kappa shape index (κ3) is 10.3. The molecule has 47 heavy (non-hydrogen) atoms. The molecule has 0 aromatic heterocycles. The van der Waals surface area contributed by atoms with Crippen LogP contribution in [-0.2, 0) is 41.4 Å². The van der Waals surface area contributed by atoms with Crippen LogP contribution in [0, 0.1) is 0 Å². The van der Waals surface area contributed by atoms with Crippen LogP contribution >= 0.6 is 0 Å². The van der Waals surface area contributed by atoms with Gasteiger partial charge in [0, 0.05) is 48.1 Å². The molecule has 4 aromatic rings. The second-order valence-electron chi connectivity index (χ2n) is 10.2. The SMILES string of the molecule is C=CC(=O)OCCOc1ccc(-c2ccc(N(c3ccc(CCOC(=O)C=C)cc3)c3ccc(CCOC(=O)C=C)cc3)cc2)cc1. The first-order valence-corrected chi connectivity index (χ1v) is 15.1. The molecule has 0 aliphatic carbocycles. The van der Waals surface area contributed by atoms with Gasteiger partial charge in [0.05, 0.1) is 13.2 Å². The fraction of sp³-hybridized carbons (Fsp3) is 0.154. The molecule has 8 heteroatoms. The summed E-state index contributed by atoms with van der Waals surface area (Å²) in [7, 11) is 0. The number of carbonyl (C=O) groups is 3. The lowest BCUT2D eigenvalue weighted by atomic mass is 10.0. The largest absolute Gasteiger partial charge is 0.490 e. The van der Waals surface area contributed by atoms with E-state index in [1.165, 1.54) is 0 Å². The Kier molecular flexibility index (Phi) is 12.7. The van der Waals surface area contributed by atoms with E-state index in [0.717, 1.165) is 57.5 Å². The maximum absolute atomic E-state index is 11.4. The highest BCUT2D eigenvalue weighted by Gasteiger charge is 2.14. The molecule has 0 fully saturated rings. The van der Waals surface area contributed by atoms with E-state index in [-0.39, 0.29) is 26.4 Å². The second kappa shape index (κ2) is 17.6. The quantitative estimate of drug-likeness (QED) is 0.0513. The molecule has 8 nitrogen and oxygen atoms in total. The molecule has 0 unspecified atom stereocenters. The van der Waals surface area contributed by atoms with Gasteiger partial charge in [-0.25, -0.2) is 14.4 Å². The Labute approximate surface area is 275 Å². The number of rotatable bonds is 17. The zero-order chi connectivity index (χ0) is 33.4. The van der Waals surface area contributed by atoms with E-state index in [9.17, 15) is 14.4 Å². The smallest absolute Gasteiger partial charge is 0.330 e. The molecule has 0 aliphatic heterocycles. The summed E-state index contributed by atoms with van der Waals surface area (Å²) < 4.78 is 20.9. The second-order valence-corrected chi connectivity index (χ2v) is 10.2. The Morgan fingerprint density at radius 1 is 0.489 bits per heavy atom. The molecule has 0 aliphatic rings. The van der Waals surface area contributed by atoms with E-state index in [1.54, 1.807) is 0 Å². The normalized spacial score (nSPS) is 10.3. The number of esters is 3. The van der Waals surface area contributed by atoms with E-state index >= 15 is 0 Å². The van der Waals surface area contributed by atoms with Gasteiger partial charge in [0.1, 0.15) is 19.0 Å². The van der Waals surface area contributed by atoms with E-state index in [4.69, 9.17) is 18.9 Å². The van der Waals surface area contributed by atoms with E-state index in [1.807, 2.05) is 72.8 Å². The Morgan fingerprint density at radius 2 is 0.851 bits per heavy atom. The first-order valence-electron chi connectivity index (χ1n) is 15.1. The lowest BCUT2D eigenvalue weighted by Crippen LogP contribution is -2.10. The summed E-state index contributed by atoms with van der Waals surface area (Å²) in [4.78, 5) is 36.1. The monoisotopic (exact) mass is 631 g/mol. The molecular formula is C39H37NO7. The van der Waals surface area contributed by atoms with Crippen LogP contribution in [0.5, 0.6) is 5.75 Å². The van der Waals surface area contributed by atoms with E-state index in [0.29, 0.717) is 18.6 Å². The molecule has 0 heterocycles. The molecule has 0 spiro atoms. The standard InChI is InChI=1S/C39H37NO7/c1-4-37(41)45-25-23-29-7-15-33(16-8-29)40(34-17-9-30(10-18-34)24-26-46-38(42)5-2)35-19-11-31(12-20-35)32-13-21-36(22-14-32)44-27-28-47-39(43)6-3/h4-22H,1-3,23-28H2. The van der Waals surface area contributed by atoms with Crippen molar-refractivity contribution in [3.63, 3.8) is 0 Å². The lowest BCUT2D eigenvalue weighted by Gasteiger charge is -2.26. The molecule has 0 saturated heterocycles. The van der Waals surface area contributed by atoms with Gasteiger partial charge >= 0.3 is 17.9 Å². The molecule has 0 amide bonds. The maximum atomic E-state index is 11.4. The summed E-state index contributed by atoms with van der Waals surface area (Å²) in [6, 6.07) is 32.2. The van der Waals surface area contributed by atoms with Crippen molar-refractivity contribution in [2.75, 3.05) is 31.3 Å². The highest BCUT2D eigenvalue weighted by Crippen LogP contribution is 2.36. The molecule has 0 atom stereocenters. The number of hydrogen-bond donors (Lipinski definition) is 0. The first kappa shape index (κ1) is 34.0. The van der Waals surface area contributed by atoms with Gasteiger partial charge < -0.3 is 23.8 Å². The summed E-state index contributed by atoms with van der Waals surface area (Å²) >= 11 is 0. The average Bonchev–Trinajstić information content (AvgIpc) is 3.11. The lowest BCUT2D eigenvalue weighted by molar-refractivity contribution is -0.139. The first-order chi connectivity index (χ1) is 22.9. The van der Waals surface area contributed by atoms with Crippen LogP contribution < -0.4 is 9.64 Å². The highest BCUT2D eigenvalue weighted by atomic mass is 16.6. The molecule has 4 rings (SSSR count). The van der Waals surface area contributed by atoms with Crippen LogP contribution in [0.15, 0.2) is 135 Å². The van der Waals surface area contributed by atoms with Crippen molar-refractivity contribution < 1.29 is 33.3 Å².